The molecule has 19 heteroatoms. The van der Waals surface area contributed by atoms with Crippen LogP contribution >= 0.6 is 0 Å². The number of hydrogen-bond donors (Lipinski definition) is 0. The molecule has 1 atom stereocenters. The molecule has 0 fully saturated rings. The summed E-state index contributed by atoms with van der Waals surface area (Å²) in [6, 6.07) is 0. The lowest BCUT2D eigenvalue weighted by Crippen LogP contribution is -2.70. The topological polar surface area (TPSA) is 57.2 Å². The minimum absolute atomic E-state index is 0.735. The molecule has 0 saturated heterocycles. The summed E-state index contributed by atoms with van der Waals surface area (Å²) in [5, 5.41) is -7.49. The third kappa shape index (κ3) is 8.94. The predicted octanol–water partition coefficient (Wildman–Crippen LogP) is 7.40. The first kappa shape index (κ1) is 40.0. The molecule has 0 N–H and O–H groups in total. The largest absolute Gasteiger partial charge is 0.743 e. The molecule has 238 valence electrons. The van der Waals surface area contributed by atoms with Crippen molar-refractivity contribution in [1.82, 2.24) is 0 Å². The van der Waals surface area contributed by atoms with Crippen molar-refractivity contribution in [3.8, 4) is 0 Å². The van der Waals surface area contributed by atoms with E-state index in [0.717, 1.165) is 0 Å². The highest BCUT2D eigenvalue weighted by Gasteiger charge is 2.88. The molecule has 0 aromatic carbocycles. The zero-order valence-electron chi connectivity index (χ0n) is 21.3. The smallest absolute Gasteiger partial charge is 0.402 e. The molecule has 0 amide bonds. The first-order valence-corrected chi connectivity index (χ1v) is 12.9. The lowest BCUT2D eigenvalue weighted by Gasteiger charge is -2.40. The Bertz CT molecular complexity index is 826. The number of halogens is 14. The molecule has 0 saturated carbocycles. The molecular formula is C20H31F14NO3S. The molecule has 0 aliphatic rings. The summed E-state index contributed by atoms with van der Waals surface area (Å²) < 4.78 is 212. The number of nitrogens with zero attached hydrogens (tertiary/aromatic N) is 1. The van der Waals surface area contributed by atoms with Crippen LogP contribution in [-0.2, 0) is 10.1 Å². The lowest BCUT2D eigenvalue weighted by molar-refractivity contribution is -0.921. The van der Waals surface area contributed by atoms with E-state index in [1.54, 1.807) is 0 Å². The number of rotatable bonds is 15. The summed E-state index contributed by atoms with van der Waals surface area (Å²) in [6.07, 6.45) is -15.1. The van der Waals surface area contributed by atoms with E-state index < -0.39 is 83.5 Å². The van der Waals surface area contributed by atoms with Gasteiger partial charge < -0.3 is 9.04 Å². The summed E-state index contributed by atoms with van der Waals surface area (Å²) in [7, 11) is -7.78. The van der Waals surface area contributed by atoms with Gasteiger partial charge in [0, 0.05) is 6.42 Å². The third-order valence-electron chi connectivity index (χ3n) is 6.38. The van der Waals surface area contributed by atoms with Crippen molar-refractivity contribution in [2.24, 2.45) is 0 Å². The van der Waals surface area contributed by atoms with E-state index in [1.165, 1.54) is 30.7 Å². The molecule has 39 heavy (non-hydrogen) atoms. The lowest BCUT2D eigenvalue weighted by atomic mass is 9.93. The SMILES string of the molecule is CC[N+](CC)(CC)CC.O=S(=O)([O-])C(F)(F)C(F)(F)C(F)(F)C(F)(F)C(F)(F)C(F)CCCCCC(F)(F)F. The molecule has 0 rings (SSSR count). The zero-order chi connectivity index (χ0) is 31.9. The first-order chi connectivity index (χ1) is 17.1. The van der Waals surface area contributed by atoms with Crippen molar-refractivity contribution in [2.75, 3.05) is 26.2 Å². The fraction of sp³-hybridized carbons (Fsp3) is 1.00. The van der Waals surface area contributed by atoms with E-state index in [2.05, 4.69) is 27.7 Å². The van der Waals surface area contributed by atoms with Crippen LogP contribution in [0.25, 0.3) is 0 Å². The Morgan fingerprint density at radius 3 is 1.31 bits per heavy atom. The summed E-state index contributed by atoms with van der Waals surface area (Å²) in [5.74, 6) is -30.3. The second-order valence-electron chi connectivity index (χ2n) is 8.61. The number of quaternary nitrogens is 1. The Labute approximate surface area is 217 Å². The summed E-state index contributed by atoms with van der Waals surface area (Å²) in [4.78, 5) is 0. The summed E-state index contributed by atoms with van der Waals surface area (Å²) in [5.41, 5.74) is 0. The van der Waals surface area contributed by atoms with Gasteiger partial charge in [-0.2, -0.15) is 57.1 Å². The van der Waals surface area contributed by atoms with Crippen LogP contribution in [0.15, 0.2) is 0 Å². The van der Waals surface area contributed by atoms with Crippen molar-refractivity contribution >= 4 is 10.1 Å². The highest BCUT2D eigenvalue weighted by molar-refractivity contribution is 7.86. The van der Waals surface area contributed by atoms with E-state index in [0.29, 0.717) is 0 Å². The molecular weight excluding hydrogens is 600 g/mol. The standard InChI is InChI=1S/C12H12F14O3S.C8H20N/c13-6(4-2-1-3-5-7(14,15)16)8(17,18)9(19,20)10(21,22)11(23,24)12(25,26)30(27,28)29;1-5-9(6-2,7-3)8-4/h6H,1-5H2,(H,27,28,29);5-8H2,1-4H3/q;+1/p-1. The van der Waals surface area contributed by atoms with Crippen LogP contribution in [0, 0.1) is 0 Å². The quantitative estimate of drug-likeness (QED) is 0.0820. The molecule has 4 nitrogen and oxygen atoms in total. The zero-order valence-corrected chi connectivity index (χ0v) is 22.1. The van der Waals surface area contributed by atoms with E-state index in [1.807, 2.05) is 0 Å². The Morgan fingerprint density at radius 1 is 0.641 bits per heavy atom. The minimum Gasteiger partial charge on any atom is -0.743 e. The van der Waals surface area contributed by atoms with Gasteiger partial charge in [-0.05, 0) is 40.5 Å². The fourth-order valence-corrected chi connectivity index (χ4v) is 3.73. The average molecular weight is 632 g/mol. The normalized spacial score (nSPS) is 15.6. The Kier molecular flexibility index (Phi) is 14.1. The van der Waals surface area contributed by atoms with Gasteiger partial charge in [-0.15, -0.1) is 0 Å². The van der Waals surface area contributed by atoms with Gasteiger partial charge in [0.15, 0.2) is 16.3 Å². The molecule has 0 radical (unpaired) electrons. The van der Waals surface area contributed by atoms with Crippen molar-refractivity contribution in [2.45, 2.75) is 101 Å². The van der Waals surface area contributed by atoms with Gasteiger partial charge in [0.25, 0.3) is 0 Å². The summed E-state index contributed by atoms with van der Waals surface area (Å²) in [6.45, 7) is 14.2. The Morgan fingerprint density at radius 2 is 1.03 bits per heavy atom. The molecule has 0 heterocycles. The maximum atomic E-state index is 13.4. The highest BCUT2D eigenvalue weighted by atomic mass is 32.2. The van der Waals surface area contributed by atoms with Crippen molar-refractivity contribution in [3.05, 3.63) is 0 Å². The van der Waals surface area contributed by atoms with Crippen LogP contribution in [0.5, 0.6) is 0 Å². The third-order valence-corrected chi connectivity index (χ3v) is 7.27. The van der Waals surface area contributed by atoms with Gasteiger partial charge in [-0.1, -0.05) is 12.8 Å². The Hall–Kier alpha value is -1.11. The van der Waals surface area contributed by atoms with Crippen LogP contribution in [0.4, 0.5) is 61.5 Å². The number of unbranched alkanes of at least 4 members (excludes halogenated alkanes) is 2. The van der Waals surface area contributed by atoms with Gasteiger partial charge in [-0.25, -0.2) is 12.8 Å². The molecule has 1 unspecified atom stereocenters. The van der Waals surface area contributed by atoms with E-state index in [-0.39, 0.29) is 0 Å². The van der Waals surface area contributed by atoms with Crippen LogP contribution < -0.4 is 0 Å². The molecule has 0 spiro atoms. The maximum Gasteiger partial charge on any atom is 0.402 e. The Balaban J connectivity index is 0. The number of hydrogen-bond acceptors (Lipinski definition) is 3. The van der Waals surface area contributed by atoms with Crippen molar-refractivity contribution < 1.29 is 78.9 Å². The van der Waals surface area contributed by atoms with Gasteiger partial charge in [0.2, 0.25) is 0 Å². The van der Waals surface area contributed by atoms with Crippen molar-refractivity contribution in [3.63, 3.8) is 0 Å². The van der Waals surface area contributed by atoms with E-state index in [4.69, 9.17) is 0 Å². The van der Waals surface area contributed by atoms with Crippen LogP contribution in [0.3, 0.4) is 0 Å². The second-order valence-corrected chi connectivity index (χ2v) is 10.0. The fourth-order valence-electron chi connectivity index (χ4n) is 3.29. The van der Waals surface area contributed by atoms with Crippen LogP contribution in [0.2, 0.25) is 0 Å². The van der Waals surface area contributed by atoms with Gasteiger partial charge in [0.1, 0.15) is 0 Å². The monoisotopic (exact) mass is 631 g/mol. The average Bonchev–Trinajstić information content (AvgIpc) is 2.79. The van der Waals surface area contributed by atoms with Crippen LogP contribution in [-0.4, -0.2) is 84.9 Å². The first-order valence-electron chi connectivity index (χ1n) is 11.5. The second kappa shape index (κ2) is 13.7. The summed E-state index contributed by atoms with van der Waals surface area (Å²) >= 11 is 0. The van der Waals surface area contributed by atoms with Crippen LogP contribution in [0.1, 0.15) is 59.8 Å². The minimum atomic E-state index is -7.95. The van der Waals surface area contributed by atoms with E-state index >= 15 is 0 Å². The molecule has 0 aliphatic heterocycles. The molecule has 0 aliphatic carbocycles. The molecule has 0 aromatic heterocycles. The van der Waals surface area contributed by atoms with Gasteiger partial charge in [0.05, 0.1) is 26.2 Å². The number of alkyl halides is 14. The van der Waals surface area contributed by atoms with Crippen molar-refractivity contribution in [1.29, 1.82) is 0 Å². The maximum absolute atomic E-state index is 13.4. The van der Waals surface area contributed by atoms with Gasteiger partial charge >= 0.3 is 35.1 Å². The van der Waals surface area contributed by atoms with E-state index in [9.17, 15) is 74.4 Å². The predicted molar refractivity (Wildman–Crippen MR) is 111 cm³/mol. The molecule has 0 aromatic rings. The highest BCUT2D eigenvalue weighted by Crippen LogP contribution is 2.59. The molecule has 0 bridgehead atoms. The van der Waals surface area contributed by atoms with Gasteiger partial charge in [-0.3, -0.25) is 0 Å².